The molecule has 1 unspecified atom stereocenters. The maximum atomic E-state index is 12.0. The third-order valence-corrected chi connectivity index (χ3v) is 3.60. The van der Waals surface area contributed by atoms with Gasteiger partial charge in [-0.15, -0.1) is 11.8 Å². The second-order valence-corrected chi connectivity index (χ2v) is 5.56. The van der Waals surface area contributed by atoms with Gasteiger partial charge in [0.1, 0.15) is 6.04 Å². The van der Waals surface area contributed by atoms with Crippen LogP contribution in [0, 0.1) is 0 Å². The van der Waals surface area contributed by atoms with Crippen molar-refractivity contribution in [1.29, 1.82) is 0 Å². The summed E-state index contributed by atoms with van der Waals surface area (Å²) in [5.41, 5.74) is 0.745. The number of rotatable bonds is 8. The van der Waals surface area contributed by atoms with Crippen molar-refractivity contribution in [1.82, 2.24) is 5.32 Å². The summed E-state index contributed by atoms with van der Waals surface area (Å²) in [5, 5.41) is 22.5. The smallest absolute Gasteiger partial charge is 0.327 e. The molecule has 23 heavy (non-hydrogen) atoms. The summed E-state index contributed by atoms with van der Waals surface area (Å²) in [6, 6.07) is 4.74. The monoisotopic (exact) mass is 340 g/mol. The summed E-state index contributed by atoms with van der Waals surface area (Å²) in [4.78, 5) is 44.4. The quantitative estimate of drug-likeness (QED) is 0.546. The number of anilines is 1. The highest BCUT2D eigenvalue weighted by atomic mass is 32.2. The van der Waals surface area contributed by atoms with E-state index >= 15 is 0 Å². The SMILES string of the molecule is CC(=O)Nc1ccc(C(=O)NC(CSCC(=O)O)C(=O)O)cc1. The van der Waals surface area contributed by atoms with Crippen molar-refractivity contribution in [3.8, 4) is 0 Å². The van der Waals surface area contributed by atoms with Crippen LogP contribution in [0.1, 0.15) is 17.3 Å². The Morgan fingerprint density at radius 2 is 1.74 bits per heavy atom. The van der Waals surface area contributed by atoms with E-state index in [0.29, 0.717) is 5.69 Å². The Balaban J connectivity index is 2.65. The molecule has 0 aliphatic heterocycles. The lowest BCUT2D eigenvalue weighted by atomic mass is 10.2. The van der Waals surface area contributed by atoms with Crippen LogP contribution in [0.4, 0.5) is 5.69 Å². The first kappa shape index (κ1) is 18.5. The third kappa shape index (κ3) is 6.83. The third-order valence-electron chi connectivity index (χ3n) is 2.58. The maximum Gasteiger partial charge on any atom is 0.327 e. The molecule has 2 amide bonds. The molecule has 0 aliphatic rings. The number of carboxylic acids is 2. The number of amides is 2. The Morgan fingerprint density at radius 3 is 2.22 bits per heavy atom. The normalized spacial score (nSPS) is 11.3. The van der Waals surface area contributed by atoms with Gasteiger partial charge in [0.2, 0.25) is 5.91 Å². The Bertz CT molecular complexity index is 602. The van der Waals surface area contributed by atoms with Gasteiger partial charge in [-0.2, -0.15) is 0 Å². The van der Waals surface area contributed by atoms with E-state index in [-0.39, 0.29) is 23.0 Å². The molecule has 1 aromatic carbocycles. The van der Waals surface area contributed by atoms with Crippen LogP contribution < -0.4 is 10.6 Å². The average molecular weight is 340 g/mol. The lowest BCUT2D eigenvalue weighted by Crippen LogP contribution is -2.42. The van der Waals surface area contributed by atoms with E-state index in [1.54, 1.807) is 0 Å². The number of nitrogens with one attached hydrogen (secondary N) is 2. The second kappa shape index (κ2) is 8.79. The van der Waals surface area contributed by atoms with Crippen molar-refractivity contribution in [3.05, 3.63) is 29.8 Å². The molecular formula is C14H16N2O6S. The number of hydrogen-bond acceptors (Lipinski definition) is 5. The van der Waals surface area contributed by atoms with Crippen molar-refractivity contribution in [2.24, 2.45) is 0 Å². The van der Waals surface area contributed by atoms with Crippen molar-refractivity contribution >= 4 is 41.2 Å². The molecule has 8 nitrogen and oxygen atoms in total. The van der Waals surface area contributed by atoms with Crippen molar-refractivity contribution in [3.63, 3.8) is 0 Å². The highest BCUT2D eigenvalue weighted by molar-refractivity contribution is 8.00. The number of carboxylic acid groups (broad SMARTS) is 2. The van der Waals surface area contributed by atoms with E-state index in [4.69, 9.17) is 10.2 Å². The molecule has 1 atom stereocenters. The molecule has 0 aliphatic carbocycles. The van der Waals surface area contributed by atoms with E-state index in [1.807, 2.05) is 0 Å². The molecule has 0 saturated carbocycles. The number of carbonyl (C=O) groups excluding carboxylic acids is 2. The first-order valence-corrected chi connectivity index (χ1v) is 7.66. The van der Waals surface area contributed by atoms with Gasteiger partial charge >= 0.3 is 11.9 Å². The minimum absolute atomic E-state index is 0.0582. The van der Waals surface area contributed by atoms with Crippen LogP contribution in [0.2, 0.25) is 0 Å². The van der Waals surface area contributed by atoms with Crippen LogP contribution in [0.15, 0.2) is 24.3 Å². The standard InChI is InChI=1S/C14H16N2O6S/c1-8(17)15-10-4-2-9(3-5-10)13(20)16-11(14(21)22)6-23-7-12(18)19/h2-5,11H,6-7H2,1H3,(H,15,17)(H,16,20)(H,18,19)(H,21,22). The summed E-state index contributed by atoms with van der Waals surface area (Å²) < 4.78 is 0. The predicted octanol–water partition coefficient (Wildman–Crippen LogP) is 0.646. The Labute approximate surface area is 136 Å². The van der Waals surface area contributed by atoms with Crippen molar-refractivity contribution < 1.29 is 29.4 Å². The lowest BCUT2D eigenvalue weighted by molar-refractivity contribution is -0.138. The molecule has 1 aromatic rings. The van der Waals surface area contributed by atoms with Crippen LogP contribution in [-0.2, 0) is 14.4 Å². The number of benzene rings is 1. The van der Waals surface area contributed by atoms with Crippen LogP contribution in [0.25, 0.3) is 0 Å². The van der Waals surface area contributed by atoms with Gasteiger partial charge in [-0.25, -0.2) is 4.79 Å². The van der Waals surface area contributed by atoms with Crippen molar-refractivity contribution in [2.75, 3.05) is 16.8 Å². The van der Waals surface area contributed by atoms with Gasteiger partial charge in [0.15, 0.2) is 0 Å². The highest BCUT2D eigenvalue weighted by Crippen LogP contribution is 2.10. The van der Waals surface area contributed by atoms with Crippen LogP contribution in [0.3, 0.4) is 0 Å². The van der Waals surface area contributed by atoms with Crippen LogP contribution in [-0.4, -0.2) is 51.5 Å². The van der Waals surface area contributed by atoms with Gasteiger partial charge in [-0.3, -0.25) is 14.4 Å². The summed E-state index contributed by atoms with van der Waals surface area (Å²) in [6.07, 6.45) is 0. The Kier molecular flexibility index (Phi) is 7.07. The predicted molar refractivity (Wildman–Crippen MR) is 84.6 cm³/mol. The van der Waals surface area contributed by atoms with E-state index in [2.05, 4.69) is 10.6 Å². The van der Waals surface area contributed by atoms with E-state index < -0.39 is 23.9 Å². The topological polar surface area (TPSA) is 133 Å². The average Bonchev–Trinajstić information content (AvgIpc) is 2.45. The molecule has 4 N–H and O–H groups in total. The summed E-state index contributed by atoms with van der Waals surface area (Å²) >= 11 is 0.902. The maximum absolute atomic E-state index is 12.0. The van der Waals surface area contributed by atoms with Gasteiger partial charge in [0.25, 0.3) is 5.91 Å². The number of thioether (sulfide) groups is 1. The molecule has 0 saturated heterocycles. The molecule has 0 heterocycles. The molecule has 1 rings (SSSR count). The molecular weight excluding hydrogens is 324 g/mol. The van der Waals surface area contributed by atoms with Gasteiger partial charge in [0, 0.05) is 23.9 Å². The minimum atomic E-state index is -1.24. The number of carbonyl (C=O) groups is 4. The molecule has 9 heteroatoms. The summed E-state index contributed by atoms with van der Waals surface area (Å²) in [5.74, 6) is -3.45. The fraction of sp³-hybridized carbons (Fsp3) is 0.286. The van der Waals surface area contributed by atoms with Crippen LogP contribution >= 0.6 is 11.8 Å². The van der Waals surface area contributed by atoms with Gasteiger partial charge in [-0.05, 0) is 24.3 Å². The van der Waals surface area contributed by atoms with Crippen LogP contribution in [0.5, 0.6) is 0 Å². The zero-order chi connectivity index (χ0) is 17.4. The van der Waals surface area contributed by atoms with Gasteiger partial charge in [0.05, 0.1) is 5.75 Å². The molecule has 0 bridgehead atoms. The molecule has 0 fully saturated rings. The molecule has 0 radical (unpaired) electrons. The second-order valence-electron chi connectivity index (χ2n) is 4.53. The zero-order valence-electron chi connectivity index (χ0n) is 12.2. The van der Waals surface area contributed by atoms with Gasteiger partial charge < -0.3 is 20.8 Å². The molecule has 124 valence electrons. The summed E-state index contributed by atoms with van der Waals surface area (Å²) in [7, 11) is 0. The fourth-order valence-electron chi connectivity index (χ4n) is 1.59. The van der Waals surface area contributed by atoms with E-state index in [9.17, 15) is 19.2 Å². The lowest BCUT2D eigenvalue weighted by Gasteiger charge is -2.14. The van der Waals surface area contributed by atoms with Gasteiger partial charge in [-0.1, -0.05) is 0 Å². The van der Waals surface area contributed by atoms with E-state index in [0.717, 1.165) is 11.8 Å². The first-order valence-electron chi connectivity index (χ1n) is 6.50. The zero-order valence-corrected chi connectivity index (χ0v) is 13.1. The number of aliphatic carboxylic acids is 2. The number of hydrogen-bond donors (Lipinski definition) is 4. The fourth-order valence-corrected chi connectivity index (χ4v) is 2.34. The molecule has 0 aromatic heterocycles. The van der Waals surface area contributed by atoms with Crippen molar-refractivity contribution in [2.45, 2.75) is 13.0 Å². The molecule has 0 spiro atoms. The van der Waals surface area contributed by atoms with E-state index in [1.165, 1.54) is 31.2 Å². The minimum Gasteiger partial charge on any atom is -0.481 e. The Hall–Kier alpha value is -2.55. The highest BCUT2D eigenvalue weighted by Gasteiger charge is 2.21. The first-order chi connectivity index (χ1) is 10.8. The Morgan fingerprint density at radius 1 is 1.13 bits per heavy atom. The summed E-state index contributed by atoms with van der Waals surface area (Å²) in [6.45, 7) is 1.35. The largest absolute Gasteiger partial charge is 0.481 e.